The molecule has 0 amide bonds. The Morgan fingerprint density at radius 2 is 2.17 bits per heavy atom. The van der Waals surface area contributed by atoms with Crippen LogP contribution in [0.25, 0.3) is 11.8 Å². The van der Waals surface area contributed by atoms with Gasteiger partial charge in [0.25, 0.3) is 0 Å². The minimum Gasteiger partial charge on any atom is -0.460 e. The van der Waals surface area contributed by atoms with E-state index in [2.05, 4.69) is 24.9 Å². The van der Waals surface area contributed by atoms with E-state index in [1.165, 1.54) is 0 Å². The van der Waals surface area contributed by atoms with E-state index in [4.69, 9.17) is 10.5 Å². The lowest BCUT2D eigenvalue weighted by molar-refractivity contribution is -0.160. The Labute approximate surface area is 173 Å². The summed E-state index contributed by atoms with van der Waals surface area (Å²) in [7, 11) is 0. The second-order valence-corrected chi connectivity index (χ2v) is 8.37. The summed E-state index contributed by atoms with van der Waals surface area (Å²) in [6.07, 6.45) is 12.7. The third-order valence-corrected chi connectivity index (χ3v) is 6.53. The molecule has 0 aromatic carbocycles. The van der Waals surface area contributed by atoms with Crippen molar-refractivity contribution < 1.29 is 14.6 Å². The zero-order valence-electron chi connectivity index (χ0n) is 17.7. The number of cyclic esters (lactones) is 1. The van der Waals surface area contributed by atoms with Gasteiger partial charge in [-0.05, 0) is 62.3 Å². The molecule has 1 aliphatic carbocycles. The molecular formula is C24H32N2O3. The van der Waals surface area contributed by atoms with Crippen LogP contribution in [-0.4, -0.2) is 27.8 Å². The average molecular weight is 397 g/mol. The molecule has 5 nitrogen and oxygen atoms in total. The van der Waals surface area contributed by atoms with Gasteiger partial charge in [0, 0.05) is 23.4 Å². The van der Waals surface area contributed by atoms with Crippen LogP contribution in [0.1, 0.15) is 51.8 Å². The Bertz CT molecular complexity index is 827. The Kier molecular flexibility index (Phi) is 6.27. The Morgan fingerprint density at radius 1 is 1.41 bits per heavy atom. The maximum Gasteiger partial charge on any atom is 0.338 e. The summed E-state index contributed by atoms with van der Waals surface area (Å²) >= 11 is 0. The summed E-state index contributed by atoms with van der Waals surface area (Å²) in [5.41, 5.74) is 7.02. The molecule has 0 spiro atoms. The van der Waals surface area contributed by atoms with Crippen molar-refractivity contribution in [1.82, 2.24) is 4.98 Å². The van der Waals surface area contributed by atoms with Gasteiger partial charge in [-0.15, -0.1) is 0 Å². The standard InChI is InChI=1S/C24H32N2O3/c1-5-7-8-21(25)17-9-10-18(26-14-17)11-12-20-19(6-2)15(3)13-24(28)22(20)16(4)29-23(24)27/h5,7-12,14-16,19-20,22,28H,6,13,25H2,1-4H3/b7-5-,12-11+,21-8-/t15?,16?,19-,20?,22?,24?/m1/s1. The first-order valence-corrected chi connectivity index (χ1v) is 10.5. The topological polar surface area (TPSA) is 85.4 Å². The Hall–Kier alpha value is -2.40. The average Bonchev–Trinajstić information content (AvgIpc) is 2.92. The van der Waals surface area contributed by atoms with E-state index < -0.39 is 11.6 Å². The normalized spacial score (nSPS) is 35.3. The van der Waals surface area contributed by atoms with Crippen molar-refractivity contribution in [2.75, 3.05) is 0 Å². The lowest BCUT2D eigenvalue weighted by Crippen LogP contribution is -2.53. The number of aromatic nitrogens is 1. The number of nitrogens with zero attached hydrogens (tertiary/aromatic N) is 1. The molecular weight excluding hydrogens is 364 g/mol. The molecule has 1 saturated heterocycles. The number of pyridine rings is 1. The van der Waals surface area contributed by atoms with Crippen molar-refractivity contribution >= 4 is 17.7 Å². The van der Waals surface area contributed by atoms with Gasteiger partial charge in [0.2, 0.25) is 0 Å². The number of hydrogen-bond donors (Lipinski definition) is 2. The number of fused-ring (bicyclic) bond motifs is 1. The molecule has 2 aliphatic rings. The number of carbonyl (C=O) groups is 1. The first kappa shape index (κ1) is 21.3. The van der Waals surface area contributed by atoms with E-state index in [1.807, 2.05) is 50.3 Å². The number of hydrogen-bond acceptors (Lipinski definition) is 5. The number of rotatable bonds is 5. The van der Waals surface area contributed by atoms with Crippen LogP contribution >= 0.6 is 0 Å². The quantitative estimate of drug-likeness (QED) is 0.581. The van der Waals surface area contributed by atoms with E-state index in [0.717, 1.165) is 17.7 Å². The highest BCUT2D eigenvalue weighted by atomic mass is 16.6. The summed E-state index contributed by atoms with van der Waals surface area (Å²) in [4.78, 5) is 16.9. The van der Waals surface area contributed by atoms with Crippen LogP contribution in [0.2, 0.25) is 0 Å². The second-order valence-electron chi connectivity index (χ2n) is 8.37. The van der Waals surface area contributed by atoms with Crippen molar-refractivity contribution in [1.29, 1.82) is 0 Å². The van der Waals surface area contributed by atoms with Crippen LogP contribution in [-0.2, 0) is 9.53 Å². The van der Waals surface area contributed by atoms with E-state index in [9.17, 15) is 9.90 Å². The molecule has 6 atom stereocenters. The molecule has 2 fully saturated rings. The number of esters is 1. The van der Waals surface area contributed by atoms with E-state index in [-0.39, 0.29) is 23.9 Å². The summed E-state index contributed by atoms with van der Waals surface area (Å²) in [5.74, 6) is -0.0316. The van der Waals surface area contributed by atoms with Crippen LogP contribution in [0.5, 0.6) is 0 Å². The molecule has 1 aromatic rings. The Morgan fingerprint density at radius 3 is 2.79 bits per heavy atom. The monoisotopic (exact) mass is 396 g/mol. The lowest BCUT2D eigenvalue weighted by Gasteiger charge is -2.45. The molecule has 3 N–H and O–H groups in total. The molecule has 29 heavy (non-hydrogen) atoms. The van der Waals surface area contributed by atoms with Crippen LogP contribution in [0.3, 0.4) is 0 Å². The van der Waals surface area contributed by atoms with Crippen LogP contribution in [0, 0.1) is 23.7 Å². The van der Waals surface area contributed by atoms with Crippen molar-refractivity contribution in [2.45, 2.75) is 52.2 Å². The first-order chi connectivity index (χ1) is 13.8. The SMILES string of the molecule is C/C=C\C=C(/N)c1ccc(/C=C/C2C3C(C)OC(=O)C3(O)CC(C)[C@H]2CC)nc1. The number of allylic oxidation sites excluding steroid dienone is 4. The first-order valence-electron chi connectivity index (χ1n) is 10.5. The molecule has 0 radical (unpaired) electrons. The predicted octanol–water partition coefficient (Wildman–Crippen LogP) is 3.95. The van der Waals surface area contributed by atoms with Gasteiger partial charge in [-0.1, -0.05) is 38.5 Å². The highest BCUT2D eigenvalue weighted by molar-refractivity contribution is 5.82. The molecule has 1 aromatic heterocycles. The smallest absolute Gasteiger partial charge is 0.338 e. The van der Waals surface area contributed by atoms with E-state index >= 15 is 0 Å². The van der Waals surface area contributed by atoms with E-state index in [1.54, 1.807) is 6.20 Å². The largest absolute Gasteiger partial charge is 0.460 e. The van der Waals surface area contributed by atoms with Crippen LogP contribution < -0.4 is 5.73 Å². The predicted molar refractivity (Wildman–Crippen MR) is 115 cm³/mol. The van der Waals surface area contributed by atoms with Crippen LogP contribution in [0.4, 0.5) is 0 Å². The maximum atomic E-state index is 12.3. The minimum atomic E-state index is -1.39. The fourth-order valence-corrected chi connectivity index (χ4v) is 5.12. The van der Waals surface area contributed by atoms with Crippen molar-refractivity contribution in [3.8, 4) is 0 Å². The highest BCUT2D eigenvalue weighted by Gasteiger charge is 2.62. The molecule has 5 heteroatoms. The van der Waals surface area contributed by atoms with Crippen molar-refractivity contribution in [2.24, 2.45) is 29.4 Å². The zero-order valence-corrected chi connectivity index (χ0v) is 17.7. The number of ether oxygens (including phenoxy) is 1. The van der Waals surface area contributed by atoms with Gasteiger partial charge in [-0.2, -0.15) is 0 Å². The van der Waals surface area contributed by atoms with Crippen molar-refractivity contribution in [3.05, 3.63) is 53.9 Å². The van der Waals surface area contributed by atoms with Gasteiger partial charge >= 0.3 is 5.97 Å². The summed E-state index contributed by atoms with van der Waals surface area (Å²) in [6, 6.07) is 3.88. The van der Waals surface area contributed by atoms with Gasteiger partial charge in [-0.3, -0.25) is 4.98 Å². The highest BCUT2D eigenvalue weighted by Crippen LogP contribution is 2.52. The maximum absolute atomic E-state index is 12.3. The van der Waals surface area contributed by atoms with Crippen molar-refractivity contribution in [3.63, 3.8) is 0 Å². The number of carbonyl (C=O) groups excluding carboxylic acids is 1. The van der Waals surface area contributed by atoms with Gasteiger partial charge in [-0.25, -0.2) is 4.79 Å². The second kappa shape index (κ2) is 8.54. The molecule has 2 heterocycles. The molecule has 1 aliphatic heterocycles. The fraction of sp³-hybridized carbons (Fsp3) is 0.500. The summed E-state index contributed by atoms with van der Waals surface area (Å²) in [5, 5.41) is 11.1. The lowest BCUT2D eigenvalue weighted by atomic mass is 9.59. The fourth-order valence-electron chi connectivity index (χ4n) is 5.12. The van der Waals surface area contributed by atoms with E-state index in [0.29, 0.717) is 18.0 Å². The Balaban J connectivity index is 1.86. The molecule has 156 valence electrons. The number of nitrogens with two attached hydrogens (primary N) is 1. The summed E-state index contributed by atoms with van der Waals surface area (Å²) < 4.78 is 5.44. The van der Waals surface area contributed by atoms with Gasteiger partial charge in [0.1, 0.15) is 6.10 Å². The van der Waals surface area contributed by atoms with Crippen LogP contribution in [0.15, 0.2) is 42.6 Å². The minimum absolute atomic E-state index is 0.0522. The molecule has 5 unspecified atom stereocenters. The van der Waals surface area contributed by atoms with Gasteiger partial charge in [0.05, 0.1) is 5.69 Å². The van der Waals surface area contributed by atoms with Gasteiger partial charge < -0.3 is 15.6 Å². The third-order valence-electron chi connectivity index (χ3n) is 6.53. The number of aliphatic hydroxyl groups is 1. The molecule has 0 bridgehead atoms. The summed E-state index contributed by atoms with van der Waals surface area (Å²) in [6.45, 7) is 8.11. The third kappa shape index (κ3) is 4.01. The zero-order chi connectivity index (χ0) is 21.2. The molecule has 3 rings (SSSR count). The van der Waals surface area contributed by atoms with Gasteiger partial charge in [0.15, 0.2) is 5.60 Å². The molecule has 1 saturated carbocycles.